The van der Waals surface area contributed by atoms with Crippen molar-refractivity contribution in [1.29, 1.82) is 0 Å². The molecule has 0 fully saturated rings. The Bertz CT molecular complexity index is 330. The lowest BCUT2D eigenvalue weighted by molar-refractivity contribution is -0.137. The summed E-state index contributed by atoms with van der Waals surface area (Å²) in [4.78, 5) is 12.4. The van der Waals surface area contributed by atoms with Gasteiger partial charge in [-0.1, -0.05) is 12.1 Å². The maximum absolute atomic E-state index is 10.3. The van der Waals surface area contributed by atoms with Crippen LogP contribution in [0, 0.1) is 0 Å². The number of carbonyl (C=O) groups is 1. The summed E-state index contributed by atoms with van der Waals surface area (Å²) in [5.41, 5.74) is 2.46. The lowest BCUT2D eigenvalue weighted by atomic mass is 10.1. The minimum Gasteiger partial charge on any atom is -0.481 e. The van der Waals surface area contributed by atoms with Crippen molar-refractivity contribution < 1.29 is 9.90 Å². The van der Waals surface area contributed by atoms with Crippen LogP contribution in [0.3, 0.4) is 0 Å². The van der Waals surface area contributed by atoms with Gasteiger partial charge in [0, 0.05) is 26.2 Å². The van der Waals surface area contributed by atoms with Crippen LogP contribution < -0.4 is 4.90 Å². The molecule has 0 aliphatic carbocycles. The van der Waals surface area contributed by atoms with E-state index in [-0.39, 0.29) is 6.42 Å². The number of rotatable bonds is 6. The molecule has 1 aromatic carbocycles. The van der Waals surface area contributed by atoms with Crippen LogP contribution in [0.2, 0.25) is 0 Å². The molecule has 1 rings (SSSR count). The van der Waals surface area contributed by atoms with Gasteiger partial charge in [0.2, 0.25) is 0 Å². The maximum atomic E-state index is 10.3. The van der Waals surface area contributed by atoms with Gasteiger partial charge in [-0.25, -0.2) is 0 Å². The summed E-state index contributed by atoms with van der Waals surface area (Å²) in [5.74, 6) is -0.706. The van der Waals surface area contributed by atoms with Gasteiger partial charge < -0.3 is 10.0 Å². The zero-order valence-electron chi connectivity index (χ0n) is 9.94. The van der Waals surface area contributed by atoms with E-state index in [1.165, 1.54) is 11.3 Å². The summed E-state index contributed by atoms with van der Waals surface area (Å²) in [5, 5.41) is 8.50. The zero-order valence-corrected chi connectivity index (χ0v) is 9.94. The molecule has 16 heavy (non-hydrogen) atoms. The molecule has 3 heteroatoms. The quantitative estimate of drug-likeness (QED) is 0.750. The molecule has 0 aliphatic heterocycles. The molecule has 0 bridgehead atoms. The number of hydrogen-bond acceptors (Lipinski definition) is 2. The number of unbranched alkanes of at least 4 members (excludes halogenated alkanes) is 1. The van der Waals surface area contributed by atoms with E-state index < -0.39 is 5.97 Å². The molecule has 3 nitrogen and oxygen atoms in total. The molecule has 0 heterocycles. The first-order valence-corrected chi connectivity index (χ1v) is 5.57. The van der Waals surface area contributed by atoms with Crippen LogP contribution in [0.1, 0.15) is 24.8 Å². The average molecular weight is 221 g/mol. The van der Waals surface area contributed by atoms with Crippen molar-refractivity contribution in [3.8, 4) is 0 Å². The molecule has 0 unspecified atom stereocenters. The van der Waals surface area contributed by atoms with Gasteiger partial charge in [0.15, 0.2) is 0 Å². The molecular formula is C13H19NO2. The van der Waals surface area contributed by atoms with Crippen molar-refractivity contribution in [1.82, 2.24) is 0 Å². The van der Waals surface area contributed by atoms with Gasteiger partial charge in [0.1, 0.15) is 0 Å². The second-order valence-electron chi connectivity index (χ2n) is 4.16. The fraction of sp³-hybridized carbons (Fsp3) is 0.462. The van der Waals surface area contributed by atoms with Crippen LogP contribution in [0.25, 0.3) is 0 Å². The van der Waals surface area contributed by atoms with Gasteiger partial charge in [0.05, 0.1) is 0 Å². The van der Waals surface area contributed by atoms with Crippen LogP contribution in [-0.4, -0.2) is 25.2 Å². The average Bonchev–Trinajstić information content (AvgIpc) is 2.25. The fourth-order valence-corrected chi connectivity index (χ4v) is 1.57. The number of benzene rings is 1. The Labute approximate surface area is 96.7 Å². The molecule has 0 saturated carbocycles. The normalized spacial score (nSPS) is 10.1. The molecule has 88 valence electrons. The number of aryl methyl sites for hydroxylation is 1. The van der Waals surface area contributed by atoms with Gasteiger partial charge in [-0.3, -0.25) is 4.79 Å². The van der Waals surface area contributed by atoms with E-state index in [4.69, 9.17) is 5.11 Å². The second kappa shape index (κ2) is 6.16. The monoisotopic (exact) mass is 221 g/mol. The van der Waals surface area contributed by atoms with E-state index >= 15 is 0 Å². The van der Waals surface area contributed by atoms with Crippen molar-refractivity contribution in [3.63, 3.8) is 0 Å². The van der Waals surface area contributed by atoms with Crippen molar-refractivity contribution in [2.75, 3.05) is 19.0 Å². The van der Waals surface area contributed by atoms with Crippen molar-refractivity contribution in [2.45, 2.75) is 25.7 Å². The number of carboxylic acid groups (broad SMARTS) is 1. The molecule has 0 amide bonds. The first-order valence-electron chi connectivity index (χ1n) is 5.57. The standard InChI is InChI=1S/C13H19NO2/c1-14(2)12-9-7-11(8-10-12)5-3-4-6-13(15)16/h7-10H,3-6H2,1-2H3,(H,15,16). The first-order chi connectivity index (χ1) is 7.59. The van der Waals surface area contributed by atoms with Gasteiger partial charge in [-0.2, -0.15) is 0 Å². The smallest absolute Gasteiger partial charge is 0.303 e. The summed E-state index contributed by atoms with van der Waals surface area (Å²) < 4.78 is 0. The predicted molar refractivity (Wildman–Crippen MR) is 66.0 cm³/mol. The van der Waals surface area contributed by atoms with Crippen LogP contribution in [0.4, 0.5) is 5.69 Å². The molecule has 1 N–H and O–H groups in total. The Balaban J connectivity index is 2.35. The van der Waals surface area contributed by atoms with Crippen molar-refractivity contribution in [2.24, 2.45) is 0 Å². The Morgan fingerprint density at radius 3 is 2.31 bits per heavy atom. The summed E-state index contributed by atoms with van der Waals surface area (Å²) in [6.07, 6.45) is 2.93. The van der Waals surface area contributed by atoms with E-state index in [2.05, 4.69) is 29.2 Å². The van der Waals surface area contributed by atoms with E-state index in [9.17, 15) is 4.79 Å². The number of nitrogens with zero attached hydrogens (tertiary/aromatic N) is 1. The van der Waals surface area contributed by atoms with Gasteiger partial charge in [0.25, 0.3) is 0 Å². The van der Waals surface area contributed by atoms with Crippen LogP contribution >= 0.6 is 0 Å². The minimum absolute atomic E-state index is 0.274. The van der Waals surface area contributed by atoms with E-state index in [0.29, 0.717) is 0 Å². The van der Waals surface area contributed by atoms with E-state index in [1.54, 1.807) is 0 Å². The fourth-order valence-electron chi connectivity index (χ4n) is 1.57. The highest BCUT2D eigenvalue weighted by Crippen LogP contribution is 2.14. The molecule has 0 atom stereocenters. The number of aliphatic carboxylic acids is 1. The molecule has 0 saturated heterocycles. The number of anilines is 1. The van der Waals surface area contributed by atoms with Gasteiger partial charge >= 0.3 is 5.97 Å². The molecule has 0 aliphatic rings. The zero-order chi connectivity index (χ0) is 12.0. The molecule has 1 aromatic rings. The number of hydrogen-bond donors (Lipinski definition) is 1. The maximum Gasteiger partial charge on any atom is 0.303 e. The lowest BCUT2D eigenvalue weighted by Gasteiger charge is -2.12. The molecule has 0 radical (unpaired) electrons. The van der Waals surface area contributed by atoms with Gasteiger partial charge in [-0.05, 0) is 37.0 Å². The third-order valence-electron chi connectivity index (χ3n) is 2.56. The summed E-state index contributed by atoms with van der Waals surface area (Å²) >= 11 is 0. The Kier molecular flexibility index (Phi) is 4.83. The van der Waals surface area contributed by atoms with Crippen molar-refractivity contribution in [3.05, 3.63) is 29.8 Å². The minimum atomic E-state index is -0.706. The third kappa shape index (κ3) is 4.34. The highest BCUT2D eigenvalue weighted by Gasteiger charge is 1.99. The summed E-state index contributed by atoms with van der Waals surface area (Å²) in [6, 6.07) is 8.39. The summed E-state index contributed by atoms with van der Waals surface area (Å²) in [7, 11) is 4.03. The number of carboxylic acids is 1. The largest absolute Gasteiger partial charge is 0.481 e. The summed E-state index contributed by atoms with van der Waals surface area (Å²) in [6.45, 7) is 0. The van der Waals surface area contributed by atoms with Gasteiger partial charge in [-0.15, -0.1) is 0 Å². The van der Waals surface area contributed by atoms with E-state index in [1.807, 2.05) is 14.1 Å². The first kappa shape index (κ1) is 12.6. The lowest BCUT2D eigenvalue weighted by Crippen LogP contribution is -2.08. The topological polar surface area (TPSA) is 40.5 Å². The van der Waals surface area contributed by atoms with E-state index in [0.717, 1.165) is 19.3 Å². The molecule has 0 spiro atoms. The Morgan fingerprint density at radius 1 is 1.19 bits per heavy atom. The molecular weight excluding hydrogens is 202 g/mol. The van der Waals surface area contributed by atoms with Crippen LogP contribution in [0.5, 0.6) is 0 Å². The van der Waals surface area contributed by atoms with Crippen molar-refractivity contribution >= 4 is 11.7 Å². The second-order valence-corrected chi connectivity index (χ2v) is 4.16. The highest BCUT2D eigenvalue weighted by molar-refractivity contribution is 5.66. The van der Waals surface area contributed by atoms with Crippen LogP contribution in [0.15, 0.2) is 24.3 Å². The Hall–Kier alpha value is -1.51. The molecule has 0 aromatic heterocycles. The SMILES string of the molecule is CN(C)c1ccc(CCCCC(=O)O)cc1. The predicted octanol–water partition coefficient (Wildman–Crippen LogP) is 2.55. The highest BCUT2D eigenvalue weighted by atomic mass is 16.4. The Morgan fingerprint density at radius 2 is 1.81 bits per heavy atom. The third-order valence-corrected chi connectivity index (χ3v) is 2.56. The van der Waals surface area contributed by atoms with Crippen LogP contribution in [-0.2, 0) is 11.2 Å².